The van der Waals surface area contributed by atoms with E-state index in [1.807, 2.05) is 20.8 Å². The fraction of sp³-hybridized carbons (Fsp3) is 0.632. The molecule has 1 saturated heterocycles. The van der Waals surface area contributed by atoms with Crippen molar-refractivity contribution in [3.8, 4) is 0 Å². The summed E-state index contributed by atoms with van der Waals surface area (Å²) in [6, 6.07) is 8.90. The molecule has 0 spiro atoms. The lowest BCUT2D eigenvalue weighted by molar-refractivity contribution is 0.0461. The minimum atomic E-state index is -0.452. The molecule has 2 atom stereocenters. The van der Waals surface area contributed by atoms with Crippen LogP contribution in [0, 0.1) is 12.8 Å². The Bertz CT molecular complexity index is 519. The number of nitrogens with zero attached hydrogens (tertiary/aromatic N) is 1. The molecular weight excluding hydrogens is 288 g/mol. The summed E-state index contributed by atoms with van der Waals surface area (Å²) in [5, 5.41) is 3.03. The van der Waals surface area contributed by atoms with E-state index in [1.165, 1.54) is 11.1 Å². The number of piperidine rings is 1. The van der Waals surface area contributed by atoms with Gasteiger partial charge in [-0.2, -0.15) is 0 Å². The highest BCUT2D eigenvalue weighted by Crippen LogP contribution is 2.21. The molecule has 23 heavy (non-hydrogen) atoms. The lowest BCUT2D eigenvalue weighted by Gasteiger charge is -2.36. The van der Waals surface area contributed by atoms with Gasteiger partial charge in [-0.25, -0.2) is 4.79 Å². The first-order valence-electron chi connectivity index (χ1n) is 8.45. The molecule has 4 heteroatoms. The number of carbonyl (C=O) groups is 1. The number of benzene rings is 1. The smallest absolute Gasteiger partial charge is 0.407 e. The van der Waals surface area contributed by atoms with Crippen LogP contribution in [0.5, 0.6) is 0 Å². The van der Waals surface area contributed by atoms with Crippen LogP contribution < -0.4 is 5.32 Å². The Labute approximate surface area is 140 Å². The van der Waals surface area contributed by atoms with Crippen molar-refractivity contribution in [1.29, 1.82) is 0 Å². The number of hydrogen-bond donors (Lipinski definition) is 1. The van der Waals surface area contributed by atoms with E-state index in [4.69, 9.17) is 4.74 Å². The summed E-state index contributed by atoms with van der Waals surface area (Å²) in [6.45, 7) is 9.72. The Morgan fingerprint density at radius 3 is 2.52 bits per heavy atom. The van der Waals surface area contributed by atoms with Crippen LogP contribution in [0.3, 0.4) is 0 Å². The molecule has 1 amide bonds. The zero-order valence-corrected chi connectivity index (χ0v) is 15.1. The van der Waals surface area contributed by atoms with E-state index >= 15 is 0 Å². The van der Waals surface area contributed by atoms with Crippen LogP contribution in [-0.2, 0) is 11.2 Å². The third-order valence-corrected chi connectivity index (χ3v) is 4.09. The van der Waals surface area contributed by atoms with Crippen LogP contribution in [0.1, 0.15) is 38.3 Å². The van der Waals surface area contributed by atoms with Gasteiger partial charge >= 0.3 is 6.09 Å². The average molecular weight is 318 g/mol. The molecule has 0 saturated carbocycles. The Morgan fingerprint density at radius 2 is 1.91 bits per heavy atom. The van der Waals surface area contributed by atoms with Gasteiger partial charge in [0.05, 0.1) is 0 Å². The lowest BCUT2D eigenvalue weighted by atomic mass is 9.89. The van der Waals surface area contributed by atoms with Crippen molar-refractivity contribution < 1.29 is 9.53 Å². The van der Waals surface area contributed by atoms with Gasteiger partial charge in [-0.3, -0.25) is 0 Å². The SMILES string of the molecule is Cc1ccc(CC2CC(NC(=O)OC(C)(C)C)CN(C)C2)cc1. The van der Waals surface area contributed by atoms with Crippen LogP contribution >= 0.6 is 0 Å². The summed E-state index contributed by atoms with van der Waals surface area (Å²) in [4.78, 5) is 14.3. The molecule has 0 aromatic heterocycles. The number of nitrogens with one attached hydrogen (secondary N) is 1. The van der Waals surface area contributed by atoms with E-state index < -0.39 is 5.60 Å². The average Bonchev–Trinajstić information content (AvgIpc) is 2.38. The summed E-state index contributed by atoms with van der Waals surface area (Å²) in [7, 11) is 2.12. The summed E-state index contributed by atoms with van der Waals surface area (Å²) in [5.41, 5.74) is 2.21. The van der Waals surface area contributed by atoms with E-state index in [0.29, 0.717) is 5.92 Å². The summed E-state index contributed by atoms with van der Waals surface area (Å²) in [6.07, 6.45) is 1.74. The van der Waals surface area contributed by atoms with Crippen molar-refractivity contribution in [2.24, 2.45) is 5.92 Å². The largest absolute Gasteiger partial charge is 0.444 e. The fourth-order valence-corrected chi connectivity index (χ4v) is 3.23. The van der Waals surface area contributed by atoms with Gasteiger partial charge in [0.1, 0.15) is 5.60 Å². The molecule has 1 aliphatic rings. The summed E-state index contributed by atoms with van der Waals surface area (Å²) >= 11 is 0. The maximum Gasteiger partial charge on any atom is 0.407 e. The van der Waals surface area contributed by atoms with Crippen LogP contribution in [0.2, 0.25) is 0 Å². The molecule has 0 bridgehead atoms. The van der Waals surface area contributed by atoms with E-state index in [9.17, 15) is 4.79 Å². The van der Waals surface area contributed by atoms with E-state index in [0.717, 1.165) is 25.9 Å². The maximum atomic E-state index is 12.0. The second-order valence-electron chi connectivity index (χ2n) is 7.86. The Balaban J connectivity index is 1.90. The topological polar surface area (TPSA) is 41.6 Å². The quantitative estimate of drug-likeness (QED) is 0.929. The highest BCUT2D eigenvalue weighted by atomic mass is 16.6. The number of likely N-dealkylation sites (N-methyl/N-ethyl adjacent to an activating group) is 1. The molecule has 128 valence electrons. The molecule has 1 heterocycles. The number of amides is 1. The molecule has 1 aliphatic heterocycles. The standard InChI is InChI=1S/C19H30N2O2/c1-14-6-8-15(9-7-14)10-16-11-17(13-21(5)12-16)20-18(22)23-19(2,3)4/h6-9,16-17H,10-13H2,1-5H3,(H,20,22). The van der Waals surface area contributed by atoms with Crippen molar-refractivity contribution in [3.05, 3.63) is 35.4 Å². The third kappa shape index (κ3) is 6.22. The van der Waals surface area contributed by atoms with Gasteiger partial charge in [0.15, 0.2) is 0 Å². The van der Waals surface area contributed by atoms with E-state index in [1.54, 1.807) is 0 Å². The van der Waals surface area contributed by atoms with Crippen LogP contribution in [0.15, 0.2) is 24.3 Å². The normalized spacial score (nSPS) is 22.7. The Hall–Kier alpha value is -1.55. The second kappa shape index (κ2) is 7.35. The minimum absolute atomic E-state index is 0.152. The molecular formula is C19H30N2O2. The number of aryl methyl sites for hydroxylation is 1. The fourth-order valence-electron chi connectivity index (χ4n) is 3.23. The van der Waals surface area contributed by atoms with Gasteiger partial charge < -0.3 is 15.0 Å². The van der Waals surface area contributed by atoms with Gasteiger partial charge in [-0.15, -0.1) is 0 Å². The first-order chi connectivity index (χ1) is 10.7. The highest BCUT2D eigenvalue weighted by Gasteiger charge is 2.28. The molecule has 1 aromatic carbocycles. The third-order valence-electron chi connectivity index (χ3n) is 4.09. The highest BCUT2D eigenvalue weighted by molar-refractivity contribution is 5.68. The maximum absolute atomic E-state index is 12.0. The number of alkyl carbamates (subject to hydrolysis) is 1. The number of carbonyl (C=O) groups excluding carboxylic acids is 1. The zero-order valence-electron chi connectivity index (χ0n) is 15.1. The molecule has 2 unspecified atom stereocenters. The Morgan fingerprint density at radius 1 is 1.26 bits per heavy atom. The molecule has 4 nitrogen and oxygen atoms in total. The second-order valence-corrected chi connectivity index (χ2v) is 7.86. The van der Waals surface area contributed by atoms with Crippen LogP contribution in [-0.4, -0.2) is 42.8 Å². The lowest BCUT2D eigenvalue weighted by Crippen LogP contribution is -2.50. The van der Waals surface area contributed by atoms with Gasteiger partial charge in [-0.1, -0.05) is 29.8 Å². The minimum Gasteiger partial charge on any atom is -0.444 e. The number of hydrogen-bond acceptors (Lipinski definition) is 3. The first-order valence-corrected chi connectivity index (χ1v) is 8.45. The Kier molecular flexibility index (Phi) is 5.69. The summed E-state index contributed by atoms with van der Waals surface area (Å²) in [5.74, 6) is 0.552. The van der Waals surface area contributed by atoms with Crippen molar-refractivity contribution in [3.63, 3.8) is 0 Å². The van der Waals surface area contributed by atoms with Gasteiger partial charge in [-0.05, 0) is 59.1 Å². The summed E-state index contributed by atoms with van der Waals surface area (Å²) < 4.78 is 5.37. The van der Waals surface area contributed by atoms with Gasteiger partial charge in [0, 0.05) is 19.1 Å². The van der Waals surface area contributed by atoms with Gasteiger partial charge in [0.2, 0.25) is 0 Å². The van der Waals surface area contributed by atoms with E-state index in [2.05, 4.69) is 48.5 Å². The zero-order chi connectivity index (χ0) is 17.0. The predicted molar refractivity (Wildman–Crippen MR) is 93.6 cm³/mol. The predicted octanol–water partition coefficient (Wildman–Crippen LogP) is 3.38. The van der Waals surface area contributed by atoms with Crippen molar-refractivity contribution in [1.82, 2.24) is 10.2 Å². The van der Waals surface area contributed by atoms with Crippen molar-refractivity contribution in [2.75, 3.05) is 20.1 Å². The molecule has 0 aliphatic carbocycles. The molecule has 1 N–H and O–H groups in total. The van der Waals surface area contributed by atoms with Gasteiger partial charge in [0.25, 0.3) is 0 Å². The number of rotatable bonds is 3. The van der Waals surface area contributed by atoms with Crippen molar-refractivity contribution >= 4 is 6.09 Å². The monoisotopic (exact) mass is 318 g/mol. The first kappa shape index (κ1) is 17.8. The molecule has 1 fully saturated rings. The van der Waals surface area contributed by atoms with E-state index in [-0.39, 0.29) is 12.1 Å². The van der Waals surface area contributed by atoms with Crippen LogP contribution in [0.25, 0.3) is 0 Å². The number of ether oxygens (including phenoxy) is 1. The molecule has 0 radical (unpaired) electrons. The molecule has 2 rings (SSSR count). The van der Waals surface area contributed by atoms with Crippen LogP contribution in [0.4, 0.5) is 4.79 Å². The number of likely N-dealkylation sites (tertiary alicyclic amines) is 1. The molecule has 1 aromatic rings. The van der Waals surface area contributed by atoms with Crippen molar-refractivity contribution in [2.45, 2.75) is 52.2 Å².